The number of aromatic nitrogens is 2. The van der Waals surface area contributed by atoms with E-state index in [-0.39, 0.29) is 59.7 Å². The van der Waals surface area contributed by atoms with Gasteiger partial charge in [0.05, 0.1) is 24.1 Å². The lowest BCUT2D eigenvalue weighted by Gasteiger charge is -2.42. The van der Waals surface area contributed by atoms with Crippen LogP contribution in [0.4, 0.5) is 24.8 Å². The molecule has 1 aromatic carbocycles. The molecule has 2 N–H and O–H groups in total. The van der Waals surface area contributed by atoms with Crippen molar-refractivity contribution in [2.24, 2.45) is 17.8 Å². The first-order valence-electron chi connectivity index (χ1n) is 16.8. The second-order valence-electron chi connectivity index (χ2n) is 13.7. The number of methoxy groups -OCH3 is 1. The van der Waals surface area contributed by atoms with Crippen LogP contribution in [-0.2, 0) is 17.4 Å². The van der Waals surface area contributed by atoms with E-state index in [1.54, 1.807) is 30.0 Å². The standard InChI is InChI=1S/C35H51F3N6O3/c1-21(22(2)27-10-8-9-11-31(27)44(6)23(3)45)18-30-28(35(36,37)38)20-39-34(42-30)41-29-17-12-24(19-32(29)47-7)33(46)40-25-13-15-26(16-14-25)43(4)5/h12,17,19-22,25-27,31H,8-11,13-16,18H2,1-7H3,(H,40,46)(H,39,41,42). The minimum atomic E-state index is -4.61. The molecule has 47 heavy (non-hydrogen) atoms. The molecule has 12 heteroatoms. The van der Waals surface area contributed by atoms with Crippen molar-refractivity contribution >= 4 is 23.5 Å². The molecule has 0 saturated heterocycles. The number of carbonyl (C=O) groups excluding carboxylic acids is 2. The van der Waals surface area contributed by atoms with Crippen LogP contribution < -0.4 is 15.4 Å². The van der Waals surface area contributed by atoms with Crippen molar-refractivity contribution in [2.75, 3.05) is 33.6 Å². The minimum Gasteiger partial charge on any atom is -0.495 e. The predicted molar refractivity (Wildman–Crippen MR) is 177 cm³/mol. The third kappa shape index (κ3) is 9.15. The van der Waals surface area contributed by atoms with E-state index in [1.807, 2.05) is 14.0 Å². The van der Waals surface area contributed by atoms with Gasteiger partial charge < -0.3 is 25.2 Å². The average molecular weight is 661 g/mol. The molecule has 4 atom stereocenters. The van der Waals surface area contributed by atoms with E-state index < -0.39 is 11.7 Å². The normalized spacial score (nSPS) is 23.1. The van der Waals surface area contributed by atoms with Crippen LogP contribution in [0.25, 0.3) is 0 Å². The summed E-state index contributed by atoms with van der Waals surface area (Å²) in [5.41, 5.74) is -0.0854. The highest BCUT2D eigenvalue weighted by Gasteiger charge is 2.38. The Hall–Kier alpha value is -3.41. The van der Waals surface area contributed by atoms with Gasteiger partial charge in [0.15, 0.2) is 0 Å². The molecule has 2 aliphatic carbocycles. The van der Waals surface area contributed by atoms with Crippen molar-refractivity contribution < 1.29 is 27.5 Å². The van der Waals surface area contributed by atoms with Gasteiger partial charge >= 0.3 is 6.18 Å². The average Bonchev–Trinajstić information content (AvgIpc) is 3.03. The molecule has 1 aromatic heterocycles. The van der Waals surface area contributed by atoms with Gasteiger partial charge in [0.1, 0.15) is 5.75 Å². The van der Waals surface area contributed by atoms with Crippen LogP contribution in [0.5, 0.6) is 5.75 Å². The van der Waals surface area contributed by atoms with E-state index in [1.165, 1.54) is 7.11 Å². The Morgan fingerprint density at radius 1 is 1.04 bits per heavy atom. The highest BCUT2D eigenvalue weighted by molar-refractivity contribution is 5.95. The van der Waals surface area contributed by atoms with Gasteiger partial charge in [-0.1, -0.05) is 26.7 Å². The molecule has 4 rings (SSSR count). The van der Waals surface area contributed by atoms with Crippen LogP contribution in [0.15, 0.2) is 24.4 Å². The molecule has 0 bridgehead atoms. The van der Waals surface area contributed by atoms with Gasteiger partial charge in [-0.25, -0.2) is 9.97 Å². The maximum absolute atomic E-state index is 14.1. The van der Waals surface area contributed by atoms with Crippen LogP contribution in [0.1, 0.15) is 93.8 Å². The highest BCUT2D eigenvalue weighted by atomic mass is 19.4. The number of hydrogen-bond acceptors (Lipinski definition) is 7. The Morgan fingerprint density at radius 3 is 2.34 bits per heavy atom. The molecule has 260 valence electrons. The molecule has 2 fully saturated rings. The lowest BCUT2D eigenvalue weighted by molar-refractivity contribution is -0.139. The molecule has 2 amide bonds. The summed E-state index contributed by atoms with van der Waals surface area (Å²) in [4.78, 5) is 37.6. The van der Waals surface area contributed by atoms with Gasteiger partial charge in [-0.2, -0.15) is 13.2 Å². The van der Waals surface area contributed by atoms with Gasteiger partial charge in [-0.05, 0) is 95.0 Å². The molecular formula is C35H51F3N6O3. The zero-order chi connectivity index (χ0) is 34.5. The first-order valence-corrected chi connectivity index (χ1v) is 16.8. The summed E-state index contributed by atoms with van der Waals surface area (Å²) in [5, 5.41) is 6.13. The van der Waals surface area contributed by atoms with Crippen LogP contribution in [0.3, 0.4) is 0 Å². The summed E-state index contributed by atoms with van der Waals surface area (Å²) in [5.74, 6) is 0.279. The number of anilines is 2. The van der Waals surface area contributed by atoms with Gasteiger partial charge in [0.25, 0.3) is 5.91 Å². The lowest BCUT2D eigenvalue weighted by atomic mass is 9.71. The van der Waals surface area contributed by atoms with E-state index in [9.17, 15) is 22.8 Å². The van der Waals surface area contributed by atoms with E-state index in [0.29, 0.717) is 23.0 Å². The van der Waals surface area contributed by atoms with Gasteiger partial charge in [0.2, 0.25) is 11.9 Å². The van der Waals surface area contributed by atoms with Crippen LogP contribution >= 0.6 is 0 Å². The number of halogens is 3. The van der Waals surface area contributed by atoms with E-state index in [0.717, 1.165) is 57.6 Å². The Kier molecular flexibility index (Phi) is 12.1. The number of nitrogens with one attached hydrogen (secondary N) is 2. The first kappa shape index (κ1) is 36.4. The number of ether oxygens (including phenoxy) is 1. The Balaban J connectivity index is 1.50. The maximum atomic E-state index is 14.1. The lowest BCUT2D eigenvalue weighted by Crippen LogP contribution is -2.46. The second-order valence-corrected chi connectivity index (χ2v) is 13.7. The van der Waals surface area contributed by atoms with Crippen LogP contribution in [-0.4, -0.2) is 78.0 Å². The summed E-state index contributed by atoms with van der Waals surface area (Å²) in [6, 6.07) is 5.61. The summed E-state index contributed by atoms with van der Waals surface area (Å²) in [6.45, 7) is 5.59. The predicted octanol–water partition coefficient (Wildman–Crippen LogP) is 6.70. The zero-order valence-corrected chi connectivity index (χ0v) is 28.8. The number of rotatable bonds is 11. The third-order valence-corrected chi connectivity index (χ3v) is 10.5. The van der Waals surface area contributed by atoms with Crippen molar-refractivity contribution in [3.8, 4) is 5.75 Å². The quantitative estimate of drug-likeness (QED) is 0.277. The topological polar surface area (TPSA) is 99.7 Å². The molecule has 9 nitrogen and oxygen atoms in total. The van der Waals surface area contributed by atoms with Crippen LogP contribution in [0, 0.1) is 17.8 Å². The first-order chi connectivity index (χ1) is 22.2. The van der Waals surface area contributed by atoms with Gasteiger partial charge in [0, 0.05) is 43.9 Å². The van der Waals surface area contributed by atoms with Crippen molar-refractivity contribution in [1.29, 1.82) is 0 Å². The maximum Gasteiger partial charge on any atom is 0.419 e. The molecule has 2 aromatic rings. The third-order valence-electron chi connectivity index (χ3n) is 10.5. The molecule has 1 heterocycles. The smallest absolute Gasteiger partial charge is 0.419 e. The summed E-state index contributed by atoms with van der Waals surface area (Å²) in [6.07, 6.45) is 4.09. The Labute approximate surface area is 277 Å². The molecule has 0 spiro atoms. The van der Waals surface area contributed by atoms with E-state index in [2.05, 4.69) is 46.5 Å². The molecule has 2 saturated carbocycles. The highest BCUT2D eigenvalue weighted by Crippen LogP contribution is 2.39. The summed E-state index contributed by atoms with van der Waals surface area (Å²) >= 11 is 0. The molecule has 0 aliphatic heterocycles. The zero-order valence-electron chi connectivity index (χ0n) is 28.8. The SMILES string of the molecule is COc1cc(C(=O)NC2CCC(N(C)C)CC2)ccc1Nc1ncc(C(F)(F)F)c(CC(C)C(C)C2CCCCC2N(C)C(C)=O)n1. The number of alkyl halides is 3. The van der Waals surface area contributed by atoms with Gasteiger partial charge in [-0.3, -0.25) is 9.59 Å². The number of amides is 2. The summed E-state index contributed by atoms with van der Waals surface area (Å²) in [7, 11) is 7.44. The molecule has 2 aliphatic rings. The monoisotopic (exact) mass is 660 g/mol. The fourth-order valence-electron chi connectivity index (χ4n) is 7.31. The fraction of sp³-hybridized carbons (Fsp3) is 0.657. The largest absolute Gasteiger partial charge is 0.495 e. The second kappa shape index (κ2) is 15.7. The molecular weight excluding hydrogens is 609 g/mol. The summed E-state index contributed by atoms with van der Waals surface area (Å²) < 4.78 is 47.9. The van der Waals surface area contributed by atoms with Crippen LogP contribution in [0.2, 0.25) is 0 Å². The number of benzene rings is 1. The van der Waals surface area contributed by atoms with Gasteiger partial charge in [-0.15, -0.1) is 0 Å². The molecule has 4 unspecified atom stereocenters. The van der Waals surface area contributed by atoms with E-state index in [4.69, 9.17) is 4.74 Å². The minimum absolute atomic E-state index is 0.000702. The Morgan fingerprint density at radius 2 is 1.72 bits per heavy atom. The number of hydrogen-bond donors (Lipinski definition) is 2. The van der Waals surface area contributed by atoms with Crippen molar-refractivity contribution in [1.82, 2.24) is 25.1 Å². The Bertz CT molecular complexity index is 1380. The fourth-order valence-corrected chi connectivity index (χ4v) is 7.31. The van der Waals surface area contributed by atoms with E-state index >= 15 is 0 Å². The van der Waals surface area contributed by atoms with Crippen molar-refractivity contribution in [3.05, 3.63) is 41.2 Å². The number of carbonyl (C=O) groups is 2. The number of nitrogens with zero attached hydrogens (tertiary/aromatic N) is 4. The molecule has 0 radical (unpaired) electrons. The van der Waals surface area contributed by atoms with Crippen molar-refractivity contribution in [3.63, 3.8) is 0 Å². The van der Waals surface area contributed by atoms with Crippen molar-refractivity contribution in [2.45, 2.75) is 103 Å².